The summed E-state index contributed by atoms with van der Waals surface area (Å²) in [6.07, 6.45) is 7.52. The molecular weight excluding hydrogens is 638 g/mol. The zero-order valence-electron chi connectivity index (χ0n) is 29.3. The fourth-order valence-corrected chi connectivity index (χ4v) is 8.36. The van der Waals surface area contributed by atoms with Gasteiger partial charge in [-0.2, -0.15) is 5.10 Å². The maximum atomic E-state index is 15.1. The average Bonchev–Trinajstić information content (AvgIpc) is 3.46. The number of benzene rings is 1. The highest BCUT2D eigenvalue weighted by Gasteiger charge is 2.66. The van der Waals surface area contributed by atoms with E-state index >= 15 is 8.78 Å². The van der Waals surface area contributed by atoms with Gasteiger partial charge in [0.1, 0.15) is 18.1 Å². The van der Waals surface area contributed by atoms with Gasteiger partial charge in [-0.3, -0.25) is 24.0 Å². The summed E-state index contributed by atoms with van der Waals surface area (Å²) in [7, 11) is 0. The zero-order chi connectivity index (χ0) is 35.4. The van der Waals surface area contributed by atoms with Crippen LogP contribution < -0.4 is 0 Å². The van der Waals surface area contributed by atoms with Crippen molar-refractivity contribution < 1.29 is 23.2 Å². The number of rotatable bonds is 5. The molecule has 262 valence electrons. The number of hydrogen-bond acceptors (Lipinski definition) is 7. The van der Waals surface area contributed by atoms with E-state index in [1.165, 1.54) is 6.92 Å². The molecule has 1 aliphatic carbocycles. The molecule has 0 spiro atoms. The lowest BCUT2D eigenvalue weighted by atomic mass is 9.89. The van der Waals surface area contributed by atoms with Crippen LogP contribution in [0.25, 0.3) is 22.0 Å². The predicted octanol–water partition coefficient (Wildman–Crippen LogP) is 7.11. The summed E-state index contributed by atoms with van der Waals surface area (Å²) in [6, 6.07) is 6.89. The topological polar surface area (TPSA) is 111 Å². The van der Waals surface area contributed by atoms with Gasteiger partial charge in [-0.25, -0.2) is 18.7 Å². The van der Waals surface area contributed by atoms with Crippen molar-refractivity contribution in [1.82, 2.24) is 29.6 Å². The van der Waals surface area contributed by atoms with Crippen LogP contribution in [-0.2, 0) is 29.0 Å². The molecule has 5 heterocycles. The number of hydrogen-bond donors (Lipinski definition) is 0. The molecule has 3 aromatic heterocycles. The van der Waals surface area contributed by atoms with E-state index in [1.807, 2.05) is 45.0 Å². The van der Waals surface area contributed by atoms with Crippen molar-refractivity contribution in [2.24, 2.45) is 5.41 Å². The SMILES string of the molecule is CC(=O)c1nn2c3c(cc(-c4cnc(C)nc4)cc13)CCCCCC(F)(F)CCC[C@@]13C[C@@H](C(=O)Cc4nc(C)ccc4C)N(C(=O)C2)[C@@H]1C3. The summed E-state index contributed by atoms with van der Waals surface area (Å²) < 4.78 is 31.8. The standard InChI is InChI=1S/C39H44F2N6O3/c1-23-10-11-24(2)44-31(23)17-33(49)32-18-38-12-8-14-39(40,41)13-7-5-6-9-27-15-28(29-20-42-26(4)43-21-29)16-30-36(25(3)48)45-46(37(27)30)22-35(50)47(32)34(38)19-38/h10-11,15-16,20-21,32,34H,5-9,12-14,17-19,22H2,1-4H3/t32-,34+,38-/m0/s1. The predicted molar refractivity (Wildman–Crippen MR) is 185 cm³/mol. The van der Waals surface area contributed by atoms with Gasteiger partial charge in [-0.1, -0.05) is 12.5 Å². The van der Waals surface area contributed by atoms with Crippen molar-refractivity contribution in [3.63, 3.8) is 0 Å². The van der Waals surface area contributed by atoms with Crippen molar-refractivity contribution in [3.8, 4) is 11.1 Å². The molecule has 9 nitrogen and oxygen atoms in total. The number of Topliss-reactive ketones (excluding diaryl/α,β-unsaturated/α-hetero) is 2. The highest BCUT2D eigenvalue weighted by Crippen LogP contribution is 2.63. The number of pyridine rings is 1. The van der Waals surface area contributed by atoms with Gasteiger partial charge in [-0.15, -0.1) is 0 Å². The van der Waals surface area contributed by atoms with Crippen LogP contribution >= 0.6 is 0 Å². The first-order chi connectivity index (χ1) is 23.8. The van der Waals surface area contributed by atoms with E-state index in [1.54, 1.807) is 22.0 Å². The highest BCUT2D eigenvalue weighted by molar-refractivity contribution is 6.07. The first-order valence-electron chi connectivity index (χ1n) is 17.8. The first-order valence-corrected chi connectivity index (χ1v) is 17.8. The van der Waals surface area contributed by atoms with Crippen LogP contribution in [0.2, 0.25) is 0 Å². The number of piperidine rings is 1. The molecule has 3 atom stereocenters. The van der Waals surface area contributed by atoms with Crippen LogP contribution in [0.3, 0.4) is 0 Å². The smallest absolute Gasteiger partial charge is 0.248 e. The Labute approximate surface area is 290 Å². The molecular formula is C39H44F2N6O3. The second-order valence-electron chi connectivity index (χ2n) is 14.8. The van der Waals surface area contributed by atoms with Crippen LogP contribution in [0.1, 0.15) is 104 Å². The summed E-state index contributed by atoms with van der Waals surface area (Å²) in [4.78, 5) is 56.6. The molecule has 7 rings (SSSR count). The van der Waals surface area contributed by atoms with E-state index in [2.05, 4.69) is 15.0 Å². The molecule has 0 unspecified atom stereocenters. The number of aryl methyl sites for hydroxylation is 4. The molecule has 50 heavy (non-hydrogen) atoms. The molecule has 1 aromatic carbocycles. The molecule has 2 bridgehead atoms. The highest BCUT2D eigenvalue weighted by atomic mass is 19.3. The Morgan fingerprint density at radius 3 is 2.46 bits per heavy atom. The molecule has 4 aromatic rings. The maximum Gasteiger partial charge on any atom is 0.248 e. The largest absolute Gasteiger partial charge is 0.327 e. The minimum atomic E-state index is -2.76. The number of aromatic nitrogens is 5. The van der Waals surface area contributed by atoms with Gasteiger partial charge < -0.3 is 4.90 Å². The molecule has 1 saturated carbocycles. The number of ketones is 2. The van der Waals surface area contributed by atoms with E-state index in [9.17, 15) is 14.4 Å². The summed E-state index contributed by atoms with van der Waals surface area (Å²) in [5.41, 5.74) is 5.46. The van der Waals surface area contributed by atoms with E-state index in [0.717, 1.165) is 27.9 Å². The fourth-order valence-electron chi connectivity index (χ4n) is 8.36. The molecule has 0 N–H and O–H groups in total. The molecule has 0 radical (unpaired) electrons. The van der Waals surface area contributed by atoms with Gasteiger partial charge in [0.15, 0.2) is 11.6 Å². The molecule has 2 aliphatic heterocycles. The number of halogens is 2. The van der Waals surface area contributed by atoms with Crippen LogP contribution in [-0.4, -0.2) is 65.1 Å². The first kappa shape index (κ1) is 34.1. The van der Waals surface area contributed by atoms with Crippen molar-refractivity contribution in [1.29, 1.82) is 0 Å². The molecule has 2 fully saturated rings. The summed E-state index contributed by atoms with van der Waals surface area (Å²) in [5, 5.41) is 5.35. The van der Waals surface area contributed by atoms with Crippen LogP contribution in [0.4, 0.5) is 8.78 Å². The Hall–Kier alpha value is -4.41. The van der Waals surface area contributed by atoms with Crippen molar-refractivity contribution >= 4 is 28.4 Å². The third-order valence-electron chi connectivity index (χ3n) is 11.1. The summed E-state index contributed by atoms with van der Waals surface area (Å²) in [5.74, 6) is -2.70. The quantitative estimate of drug-likeness (QED) is 0.206. The van der Waals surface area contributed by atoms with E-state index in [-0.39, 0.29) is 60.4 Å². The molecule has 1 saturated heterocycles. The van der Waals surface area contributed by atoms with Crippen molar-refractivity contribution in [2.75, 3.05) is 0 Å². The second-order valence-corrected chi connectivity index (χ2v) is 14.8. The third-order valence-corrected chi connectivity index (χ3v) is 11.1. The zero-order valence-corrected chi connectivity index (χ0v) is 29.3. The van der Waals surface area contributed by atoms with E-state index in [4.69, 9.17) is 5.10 Å². The number of amides is 1. The van der Waals surface area contributed by atoms with Crippen LogP contribution in [0.15, 0.2) is 36.7 Å². The molecule has 3 aliphatic rings. The van der Waals surface area contributed by atoms with Crippen molar-refractivity contribution in [2.45, 2.75) is 123 Å². The Morgan fingerprint density at radius 1 is 0.940 bits per heavy atom. The average molecular weight is 683 g/mol. The fraction of sp³-hybridized carbons (Fsp3) is 0.513. The molecule has 1 amide bonds. The van der Waals surface area contributed by atoms with Gasteiger partial charge in [0.2, 0.25) is 11.8 Å². The van der Waals surface area contributed by atoms with Gasteiger partial charge in [-0.05, 0) is 106 Å². The van der Waals surface area contributed by atoms with E-state index in [0.29, 0.717) is 73.8 Å². The van der Waals surface area contributed by atoms with Crippen molar-refractivity contribution in [3.05, 3.63) is 70.7 Å². The Bertz CT molecular complexity index is 1990. The number of alkyl halides is 2. The minimum absolute atomic E-state index is 0.0914. The van der Waals surface area contributed by atoms with Gasteiger partial charge in [0, 0.05) is 54.8 Å². The Kier molecular flexibility index (Phi) is 8.89. The summed E-state index contributed by atoms with van der Waals surface area (Å²) >= 11 is 0. The van der Waals surface area contributed by atoms with E-state index < -0.39 is 12.0 Å². The normalized spacial score (nSPS) is 23.8. The maximum absolute atomic E-state index is 15.1. The van der Waals surface area contributed by atoms with Crippen LogP contribution in [0.5, 0.6) is 0 Å². The molecule has 11 heteroatoms. The third kappa shape index (κ3) is 6.58. The Balaban J connectivity index is 1.29. The lowest BCUT2D eigenvalue weighted by Gasteiger charge is -2.27. The monoisotopic (exact) mass is 682 g/mol. The lowest BCUT2D eigenvalue weighted by Crippen LogP contribution is -2.45. The summed E-state index contributed by atoms with van der Waals surface area (Å²) in [6.45, 7) is 6.93. The number of carbonyl (C=O) groups excluding carboxylic acids is 3. The minimum Gasteiger partial charge on any atom is -0.327 e. The second kappa shape index (κ2) is 13.0. The van der Waals surface area contributed by atoms with Gasteiger partial charge in [0.25, 0.3) is 0 Å². The van der Waals surface area contributed by atoms with Gasteiger partial charge in [0.05, 0.1) is 23.7 Å². The Morgan fingerprint density at radius 2 is 1.70 bits per heavy atom. The van der Waals surface area contributed by atoms with Gasteiger partial charge >= 0.3 is 0 Å². The lowest BCUT2D eigenvalue weighted by molar-refractivity contribution is -0.139. The van der Waals surface area contributed by atoms with Crippen LogP contribution in [0, 0.1) is 26.2 Å². The number of carbonyl (C=O) groups is 3. The number of nitrogens with zero attached hydrogens (tertiary/aromatic N) is 6.